The summed E-state index contributed by atoms with van der Waals surface area (Å²) in [7, 11) is 0. The van der Waals surface area contributed by atoms with E-state index in [1.807, 2.05) is 23.6 Å². The molecular formula is C22H20FNO3S. The molecule has 1 aliphatic heterocycles. The zero-order valence-corrected chi connectivity index (χ0v) is 16.1. The molecule has 1 aromatic heterocycles. The second-order valence-electron chi connectivity index (χ2n) is 6.94. The topological polar surface area (TPSA) is 46.6 Å². The maximum atomic E-state index is 13.0. The second-order valence-corrected chi connectivity index (χ2v) is 7.85. The van der Waals surface area contributed by atoms with Gasteiger partial charge >= 0.3 is 5.97 Å². The van der Waals surface area contributed by atoms with Crippen LogP contribution in [0.3, 0.4) is 0 Å². The van der Waals surface area contributed by atoms with E-state index < -0.39 is 0 Å². The zero-order valence-electron chi connectivity index (χ0n) is 15.3. The van der Waals surface area contributed by atoms with Crippen molar-refractivity contribution < 1.29 is 18.7 Å². The van der Waals surface area contributed by atoms with Crippen molar-refractivity contribution in [1.29, 1.82) is 0 Å². The molecule has 2 aromatic carbocycles. The molecule has 0 aliphatic carbocycles. The van der Waals surface area contributed by atoms with Crippen molar-refractivity contribution in [3.05, 3.63) is 70.9 Å². The maximum absolute atomic E-state index is 13.0. The summed E-state index contributed by atoms with van der Waals surface area (Å²) in [6.45, 7) is 1.27. The van der Waals surface area contributed by atoms with Gasteiger partial charge in [0.1, 0.15) is 12.4 Å². The van der Waals surface area contributed by atoms with Crippen molar-refractivity contribution in [1.82, 2.24) is 4.90 Å². The number of piperidine rings is 1. The van der Waals surface area contributed by atoms with Gasteiger partial charge in [0.2, 0.25) is 0 Å². The molecule has 1 amide bonds. The molecule has 0 unspecified atom stereocenters. The van der Waals surface area contributed by atoms with Gasteiger partial charge in [-0.15, -0.1) is 11.3 Å². The Bertz CT molecular complexity index is 990. The molecule has 144 valence electrons. The number of carbonyl (C=O) groups is 2. The van der Waals surface area contributed by atoms with Gasteiger partial charge in [0, 0.05) is 28.9 Å². The van der Waals surface area contributed by atoms with E-state index in [4.69, 9.17) is 4.74 Å². The minimum atomic E-state index is -0.364. The molecule has 0 radical (unpaired) electrons. The van der Waals surface area contributed by atoms with Gasteiger partial charge in [0.05, 0.1) is 5.92 Å². The Morgan fingerprint density at radius 2 is 1.79 bits per heavy atom. The molecule has 2 heterocycles. The first-order valence-corrected chi connectivity index (χ1v) is 10.2. The summed E-state index contributed by atoms with van der Waals surface area (Å²) in [5.74, 6) is -0.890. The Kier molecular flexibility index (Phi) is 5.39. The average Bonchev–Trinajstić information content (AvgIpc) is 3.15. The van der Waals surface area contributed by atoms with Crippen LogP contribution in [-0.4, -0.2) is 29.9 Å². The van der Waals surface area contributed by atoms with Crippen LogP contribution in [0.2, 0.25) is 0 Å². The normalized spacial score (nSPS) is 15.0. The first-order chi connectivity index (χ1) is 13.6. The van der Waals surface area contributed by atoms with Crippen LogP contribution in [0.1, 0.15) is 28.8 Å². The van der Waals surface area contributed by atoms with Gasteiger partial charge in [0.15, 0.2) is 0 Å². The number of nitrogens with zero attached hydrogens (tertiary/aromatic N) is 1. The van der Waals surface area contributed by atoms with E-state index in [1.54, 1.807) is 16.2 Å². The van der Waals surface area contributed by atoms with Crippen LogP contribution in [0.4, 0.5) is 4.39 Å². The number of rotatable bonds is 4. The minimum Gasteiger partial charge on any atom is -0.461 e. The smallest absolute Gasteiger partial charge is 0.309 e. The van der Waals surface area contributed by atoms with Gasteiger partial charge in [-0.25, -0.2) is 4.39 Å². The van der Waals surface area contributed by atoms with Gasteiger partial charge in [-0.05, 0) is 53.9 Å². The molecule has 6 heteroatoms. The van der Waals surface area contributed by atoms with Gasteiger partial charge in [-0.1, -0.05) is 18.2 Å². The number of thiophene rings is 1. The molecule has 1 saturated heterocycles. The van der Waals surface area contributed by atoms with Gasteiger partial charge < -0.3 is 9.64 Å². The lowest BCUT2D eigenvalue weighted by Gasteiger charge is -2.31. The number of esters is 1. The van der Waals surface area contributed by atoms with E-state index >= 15 is 0 Å². The first kappa shape index (κ1) is 18.6. The highest BCUT2D eigenvalue weighted by atomic mass is 32.1. The van der Waals surface area contributed by atoms with Crippen molar-refractivity contribution in [3.63, 3.8) is 0 Å². The summed E-state index contributed by atoms with van der Waals surface area (Å²) >= 11 is 1.64. The highest BCUT2D eigenvalue weighted by Crippen LogP contribution is 2.27. The number of ether oxygens (including phenoxy) is 1. The number of hydrogen-bond donors (Lipinski definition) is 0. The van der Waals surface area contributed by atoms with Crippen molar-refractivity contribution >= 4 is 33.3 Å². The van der Waals surface area contributed by atoms with Gasteiger partial charge in [0.25, 0.3) is 5.91 Å². The summed E-state index contributed by atoms with van der Waals surface area (Å²) in [4.78, 5) is 26.6. The number of amides is 1. The van der Waals surface area contributed by atoms with Crippen LogP contribution in [0.5, 0.6) is 0 Å². The molecule has 0 saturated carbocycles. The standard InChI is InChI=1S/C22H20FNO3S/c23-18-7-5-15(6-8-18)21(25)24-11-9-16(10-12-24)22(26)27-13-17-14-28-20-4-2-1-3-19(17)20/h1-8,14,16H,9-13H2. The molecule has 1 fully saturated rings. The molecule has 1 aliphatic rings. The number of carbonyl (C=O) groups excluding carboxylic acids is 2. The van der Waals surface area contributed by atoms with Gasteiger partial charge in [-0.2, -0.15) is 0 Å². The first-order valence-electron chi connectivity index (χ1n) is 9.28. The predicted molar refractivity (Wildman–Crippen MR) is 107 cm³/mol. The SMILES string of the molecule is O=C(OCc1csc2ccccc12)C1CCN(C(=O)c2ccc(F)cc2)CC1. The van der Waals surface area contributed by atoms with E-state index in [0.717, 1.165) is 10.9 Å². The Morgan fingerprint density at radius 3 is 2.54 bits per heavy atom. The van der Waals surface area contributed by atoms with Crippen LogP contribution in [0, 0.1) is 11.7 Å². The zero-order chi connectivity index (χ0) is 19.5. The van der Waals surface area contributed by atoms with E-state index in [1.165, 1.54) is 29.0 Å². The molecule has 4 nitrogen and oxygen atoms in total. The molecule has 0 N–H and O–H groups in total. The minimum absolute atomic E-state index is 0.128. The summed E-state index contributed by atoms with van der Waals surface area (Å²) in [6.07, 6.45) is 1.16. The molecular weight excluding hydrogens is 377 g/mol. The fourth-order valence-electron chi connectivity index (χ4n) is 3.50. The summed E-state index contributed by atoms with van der Waals surface area (Å²) in [6, 6.07) is 13.6. The van der Waals surface area contributed by atoms with Crippen molar-refractivity contribution in [3.8, 4) is 0 Å². The fourth-order valence-corrected chi connectivity index (χ4v) is 4.45. The van der Waals surface area contributed by atoms with E-state index in [-0.39, 0.29) is 30.2 Å². The third kappa shape index (κ3) is 3.92. The Labute approximate surface area is 166 Å². The number of fused-ring (bicyclic) bond motifs is 1. The Morgan fingerprint density at radius 1 is 1.07 bits per heavy atom. The van der Waals surface area contributed by atoms with Crippen LogP contribution in [0.25, 0.3) is 10.1 Å². The highest BCUT2D eigenvalue weighted by Gasteiger charge is 2.29. The van der Waals surface area contributed by atoms with Crippen molar-refractivity contribution in [2.75, 3.05) is 13.1 Å². The Balaban J connectivity index is 1.30. The lowest BCUT2D eigenvalue weighted by Crippen LogP contribution is -2.40. The quantitative estimate of drug-likeness (QED) is 0.603. The summed E-state index contributed by atoms with van der Waals surface area (Å²) < 4.78 is 19.7. The van der Waals surface area contributed by atoms with Gasteiger partial charge in [-0.3, -0.25) is 9.59 Å². The van der Waals surface area contributed by atoms with Crippen molar-refractivity contribution in [2.45, 2.75) is 19.4 Å². The second kappa shape index (κ2) is 8.10. The third-order valence-corrected chi connectivity index (χ3v) is 6.15. The van der Waals surface area contributed by atoms with E-state index in [9.17, 15) is 14.0 Å². The highest BCUT2D eigenvalue weighted by molar-refractivity contribution is 7.17. The lowest BCUT2D eigenvalue weighted by atomic mass is 9.96. The Hall–Kier alpha value is -2.73. The third-order valence-electron chi connectivity index (χ3n) is 5.14. The molecule has 0 atom stereocenters. The number of hydrogen-bond acceptors (Lipinski definition) is 4. The monoisotopic (exact) mass is 397 g/mol. The maximum Gasteiger partial charge on any atom is 0.309 e. The number of benzene rings is 2. The van der Waals surface area contributed by atoms with Crippen LogP contribution in [0.15, 0.2) is 53.9 Å². The summed E-state index contributed by atoms with van der Waals surface area (Å²) in [5.41, 5.74) is 1.49. The largest absolute Gasteiger partial charge is 0.461 e. The van der Waals surface area contributed by atoms with Crippen molar-refractivity contribution in [2.24, 2.45) is 5.92 Å². The predicted octanol–water partition coefficient (Wildman–Crippen LogP) is 4.64. The van der Waals surface area contributed by atoms with E-state index in [2.05, 4.69) is 6.07 Å². The number of halogens is 1. The summed E-state index contributed by atoms with van der Waals surface area (Å²) in [5, 5.41) is 3.15. The molecule has 0 spiro atoms. The average molecular weight is 397 g/mol. The number of likely N-dealkylation sites (tertiary alicyclic amines) is 1. The van der Waals surface area contributed by atoms with E-state index in [0.29, 0.717) is 31.5 Å². The van der Waals surface area contributed by atoms with Crippen LogP contribution in [-0.2, 0) is 16.1 Å². The van der Waals surface area contributed by atoms with Crippen LogP contribution < -0.4 is 0 Å². The van der Waals surface area contributed by atoms with Crippen LogP contribution >= 0.6 is 11.3 Å². The molecule has 4 rings (SSSR count). The molecule has 28 heavy (non-hydrogen) atoms. The molecule has 0 bridgehead atoms. The molecule has 3 aromatic rings. The fraction of sp³-hybridized carbons (Fsp3) is 0.273. The lowest BCUT2D eigenvalue weighted by molar-refractivity contribution is -0.151.